The predicted molar refractivity (Wildman–Crippen MR) is 55.9 cm³/mol. The molecular weight excluding hydrogens is 206 g/mol. The summed E-state index contributed by atoms with van der Waals surface area (Å²) in [7, 11) is 1.65. The van der Waals surface area contributed by atoms with Gasteiger partial charge in [0.05, 0.1) is 17.3 Å². The maximum Gasteiger partial charge on any atom is 0.184 e. The zero-order valence-electron chi connectivity index (χ0n) is 7.30. The van der Waals surface area contributed by atoms with Crippen LogP contribution in [0.4, 0.5) is 0 Å². The number of ether oxygens (including phenoxy) is 1. The average Bonchev–Trinajstić information content (AvgIpc) is 2.42. The number of thiazole rings is 1. The third-order valence-corrected chi connectivity index (χ3v) is 3.00. The third-order valence-electron chi connectivity index (χ3n) is 1.88. The lowest BCUT2D eigenvalue weighted by Gasteiger charge is -2.02. The molecule has 0 aliphatic heterocycles. The molecule has 0 spiro atoms. The number of hydrogen-bond donors (Lipinski definition) is 0. The van der Waals surface area contributed by atoms with Crippen molar-refractivity contribution in [2.24, 2.45) is 0 Å². The van der Waals surface area contributed by atoms with Crippen LogP contribution in [0.3, 0.4) is 0 Å². The number of nitrogens with zero attached hydrogens (tertiary/aromatic N) is 1. The Labute approximate surface area is 85.1 Å². The molecule has 0 saturated heterocycles. The number of rotatable bonds is 1. The van der Waals surface area contributed by atoms with Crippen LogP contribution in [-0.2, 0) is 0 Å². The number of benzene rings is 1. The first-order chi connectivity index (χ1) is 6.20. The first kappa shape index (κ1) is 8.78. The van der Waals surface area contributed by atoms with Crippen LogP contribution in [0.15, 0.2) is 12.1 Å². The summed E-state index contributed by atoms with van der Waals surface area (Å²) < 4.78 is 6.86. The fourth-order valence-electron chi connectivity index (χ4n) is 1.25. The Morgan fingerprint density at radius 3 is 2.92 bits per heavy atom. The summed E-state index contributed by atoms with van der Waals surface area (Å²) in [6.07, 6.45) is 0. The van der Waals surface area contributed by atoms with Gasteiger partial charge >= 0.3 is 0 Å². The van der Waals surface area contributed by atoms with Crippen LogP contribution in [0.5, 0.6) is 5.75 Å². The second kappa shape index (κ2) is 3.16. The monoisotopic (exact) mass is 213 g/mol. The van der Waals surface area contributed by atoms with Gasteiger partial charge < -0.3 is 4.74 Å². The zero-order chi connectivity index (χ0) is 9.42. The summed E-state index contributed by atoms with van der Waals surface area (Å²) in [5.74, 6) is 0.856. The van der Waals surface area contributed by atoms with Crippen LogP contribution in [0.2, 0.25) is 4.47 Å². The van der Waals surface area contributed by atoms with Crippen molar-refractivity contribution in [1.29, 1.82) is 0 Å². The number of hydrogen-bond acceptors (Lipinski definition) is 3. The number of aryl methyl sites for hydroxylation is 1. The molecule has 13 heavy (non-hydrogen) atoms. The summed E-state index contributed by atoms with van der Waals surface area (Å²) in [6, 6.07) is 3.95. The Bertz CT molecular complexity index is 452. The van der Waals surface area contributed by atoms with Crippen LogP contribution >= 0.6 is 22.9 Å². The highest BCUT2D eigenvalue weighted by molar-refractivity contribution is 7.22. The van der Waals surface area contributed by atoms with Gasteiger partial charge in [0.15, 0.2) is 4.47 Å². The normalized spacial score (nSPS) is 10.7. The number of halogens is 1. The summed E-state index contributed by atoms with van der Waals surface area (Å²) in [5.41, 5.74) is 2.01. The molecule has 0 aliphatic carbocycles. The molecule has 4 heteroatoms. The lowest BCUT2D eigenvalue weighted by Crippen LogP contribution is -1.85. The third kappa shape index (κ3) is 1.49. The largest absolute Gasteiger partial charge is 0.496 e. The first-order valence-corrected chi connectivity index (χ1v) is 5.01. The number of methoxy groups -OCH3 is 1. The molecule has 0 atom stereocenters. The molecule has 1 heterocycles. The molecule has 0 aliphatic rings. The van der Waals surface area contributed by atoms with Gasteiger partial charge in [-0.05, 0) is 18.6 Å². The van der Waals surface area contributed by atoms with Gasteiger partial charge in [-0.3, -0.25) is 0 Å². The Hall–Kier alpha value is -0.800. The fraction of sp³-hybridized carbons (Fsp3) is 0.222. The van der Waals surface area contributed by atoms with E-state index >= 15 is 0 Å². The molecule has 2 nitrogen and oxygen atoms in total. The molecule has 0 N–H and O–H groups in total. The maximum atomic E-state index is 5.80. The Morgan fingerprint density at radius 1 is 1.46 bits per heavy atom. The van der Waals surface area contributed by atoms with Crippen LogP contribution in [0.25, 0.3) is 10.2 Å². The van der Waals surface area contributed by atoms with Crippen LogP contribution in [-0.4, -0.2) is 12.1 Å². The van der Waals surface area contributed by atoms with Crippen molar-refractivity contribution in [1.82, 2.24) is 4.98 Å². The molecule has 68 valence electrons. The zero-order valence-corrected chi connectivity index (χ0v) is 8.87. The van der Waals surface area contributed by atoms with Gasteiger partial charge in [0.25, 0.3) is 0 Å². The molecule has 0 unspecified atom stereocenters. The molecular formula is C9H8ClNOS. The number of aromatic nitrogens is 1. The van der Waals surface area contributed by atoms with E-state index in [1.807, 2.05) is 19.1 Å². The predicted octanol–water partition coefficient (Wildman–Crippen LogP) is 3.27. The van der Waals surface area contributed by atoms with E-state index in [1.165, 1.54) is 11.3 Å². The molecule has 2 rings (SSSR count). The van der Waals surface area contributed by atoms with Crippen molar-refractivity contribution in [2.45, 2.75) is 6.92 Å². The molecule has 0 saturated carbocycles. The minimum atomic E-state index is 0.572. The first-order valence-electron chi connectivity index (χ1n) is 3.81. The average molecular weight is 214 g/mol. The molecule has 0 bridgehead atoms. The lowest BCUT2D eigenvalue weighted by molar-refractivity contribution is 0.412. The molecule has 0 amide bonds. The Balaban J connectivity index is 2.72. The minimum absolute atomic E-state index is 0.572. The van der Waals surface area contributed by atoms with E-state index < -0.39 is 0 Å². The van der Waals surface area contributed by atoms with E-state index in [1.54, 1.807) is 7.11 Å². The maximum absolute atomic E-state index is 5.80. The molecule has 0 radical (unpaired) electrons. The quantitative estimate of drug-likeness (QED) is 0.726. The van der Waals surface area contributed by atoms with Crippen molar-refractivity contribution in [3.63, 3.8) is 0 Å². The van der Waals surface area contributed by atoms with E-state index in [4.69, 9.17) is 16.3 Å². The summed E-state index contributed by atoms with van der Waals surface area (Å²) in [4.78, 5) is 4.17. The minimum Gasteiger partial charge on any atom is -0.496 e. The molecule has 1 aromatic carbocycles. The van der Waals surface area contributed by atoms with Crippen LogP contribution in [0, 0.1) is 6.92 Å². The molecule has 1 aromatic heterocycles. The smallest absolute Gasteiger partial charge is 0.184 e. The fourth-order valence-corrected chi connectivity index (χ4v) is 2.36. The van der Waals surface area contributed by atoms with Crippen molar-refractivity contribution in [2.75, 3.05) is 7.11 Å². The topological polar surface area (TPSA) is 22.1 Å². The van der Waals surface area contributed by atoms with Crippen LogP contribution < -0.4 is 4.74 Å². The number of fused-ring (bicyclic) bond motifs is 1. The van der Waals surface area contributed by atoms with Gasteiger partial charge in [-0.15, -0.1) is 11.3 Å². The SMILES string of the molecule is COc1cc2nc(Cl)sc2cc1C. The van der Waals surface area contributed by atoms with Gasteiger partial charge in [-0.25, -0.2) is 4.98 Å². The van der Waals surface area contributed by atoms with Gasteiger partial charge in [0.1, 0.15) is 5.75 Å². The summed E-state index contributed by atoms with van der Waals surface area (Å²) >= 11 is 7.28. The van der Waals surface area contributed by atoms with Crippen molar-refractivity contribution < 1.29 is 4.74 Å². The van der Waals surface area contributed by atoms with Crippen molar-refractivity contribution in [3.05, 3.63) is 22.2 Å². The summed E-state index contributed by atoms with van der Waals surface area (Å²) in [5, 5.41) is 0. The van der Waals surface area contributed by atoms with Crippen molar-refractivity contribution in [3.8, 4) is 5.75 Å². The summed E-state index contributed by atoms with van der Waals surface area (Å²) in [6.45, 7) is 2.01. The van der Waals surface area contributed by atoms with Crippen molar-refractivity contribution >= 4 is 33.2 Å². The van der Waals surface area contributed by atoms with Gasteiger partial charge in [0.2, 0.25) is 0 Å². The van der Waals surface area contributed by atoms with Gasteiger partial charge in [0, 0.05) is 6.07 Å². The Kier molecular flexibility index (Phi) is 2.14. The van der Waals surface area contributed by atoms with E-state index in [0.29, 0.717) is 4.47 Å². The second-order valence-electron chi connectivity index (χ2n) is 2.76. The molecule has 0 fully saturated rings. The van der Waals surface area contributed by atoms with E-state index in [0.717, 1.165) is 21.5 Å². The second-order valence-corrected chi connectivity index (χ2v) is 4.37. The van der Waals surface area contributed by atoms with E-state index in [9.17, 15) is 0 Å². The Morgan fingerprint density at radius 2 is 2.23 bits per heavy atom. The molecule has 2 aromatic rings. The highest BCUT2D eigenvalue weighted by atomic mass is 35.5. The van der Waals surface area contributed by atoms with E-state index in [2.05, 4.69) is 4.98 Å². The van der Waals surface area contributed by atoms with Crippen LogP contribution in [0.1, 0.15) is 5.56 Å². The highest BCUT2D eigenvalue weighted by Gasteiger charge is 2.05. The van der Waals surface area contributed by atoms with Gasteiger partial charge in [-0.1, -0.05) is 11.6 Å². The van der Waals surface area contributed by atoms with E-state index in [-0.39, 0.29) is 0 Å². The standard InChI is InChI=1S/C9H8ClNOS/c1-5-3-8-6(4-7(5)12-2)11-9(10)13-8/h3-4H,1-2H3. The highest BCUT2D eigenvalue weighted by Crippen LogP contribution is 2.30. The van der Waals surface area contributed by atoms with Gasteiger partial charge in [-0.2, -0.15) is 0 Å². The lowest BCUT2D eigenvalue weighted by atomic mass is 10.2.